The van der Waals surface area contributed by atoms with E-state index in [0.717, 1.165) is 37.0 Å². The average Bonchev–Trinajstić information content (AvgIpc) is 2.97. The van der Waals surface area contributed by atoms with Crippen LogP contribution >= 0.6 is 0 Å². The highest BCUT2D eigenvalue weighted by Crippen LogP contribution is 2.19. The lowest BCUT2D eigenvalue weighted by Gasteiger charge is -2.25. The van der Waals surface area contributed by atoms with Gasteiger partial charge >= 0.3 is 5.97 Å². The summed E-state index contributed by atoms with van der Waals surface area (Å²) in [6.45, 7) is 6.67. The van der Waals surface area contributed by atoms with Crippen LogP contribution in [0.3, 0.4) is 0 Å². The summed E-state index contributed by atoms with van der Waals surface area (Å²) in [5, 5.41) is 0. The first-order valence-electron chi connectivity index (χ1n) is 10.3. The molecule has 2 amide bonds. The predicted molar refractivity (Wildman–Crippen MR) is 102 cm³/mol. The quantitative estimate of drug-likeness (QED) is 0.260. The third-order valence-electron chi connectivity index (χ3n) is 5.12. The van der Waals surface area contributed by atoms with Crippen molar-refractivity contribution in [3.8, 4) is 0 Å². The number of ether oxygens (including phenoxy) is 1. The molecule has 5 heteroatoms. The maximum absolute atomic E-state index is 12.6. The van der Waals surface area contributed by atoms with Gasteiger partial charge in [0, 0.05) is 12.2 Å². The van der Waals surface area contributed by atoms with Crippen molar-refractivity contribution in [3.05, 3.63) is 12.2 Å². The van der Waals surface area contributed by atoms with E-state index in [1.54, 1.807) is 0 Å². The van der Waals surface area contributed by atoms with E-state index in [9.17, 15) is 14.4 Å². The molecule has 0 aromatic rings. The van der Waals surface area contributed by atoms with Gasteiger partial charge in [-0.05, 0) is 12.3 Å². The van der Waals surface area contributed by atoms with Crippen LogP contribution in [0, 0.1) is 5.92 Å². The number of rotatable bonds is 14. The van der Waals surface area contributed by atoms with Gasteiger partial charge in [0.1, 0.15) is 6.04 Å². The highest BCUT2D eigenvalue weighted by molar-refractivity contribution is 6.14. The number of unbranched alkanes of at least 4 members (excludes halogenated alkanes) is 6. The zero-order valence-electron chi connectivity index (χ0n) is 16.7. The molecule has 1 aliphatic heterocycles. The molecule has 0 saturated carbocycles. The fraction of sp³-hybridized carbons (Fsp3) is 0.762. The van der Waals surface area contributed by atoms with Crippen molar-refractivity contribution in [2.45, 2.75) is 91.0 Å². The Balaban J connectivity index is 2.55. The van der Waals surface area contributed by atoms with Crippen LogP contribution in [0.5, 0.6) is 0 Å². The minimum Gasteiger partial charge on any atom is -0.464 e. The van der Waals surface area contributed by atoms with Crippen LogP contribution in [0.25, 0.3) is 0 Å². The van der Waals surface area contributed by atoms with Crippen molar-refractivity contribution < 1.29 is 19.1 Å². The van der Waals surface area contributed by atoms with Gasteiger partial charge in [-0.2, -0.15) is 0 Å². The van der Waals surface area contributed by atoms with Gasteiger partial charge in [0.2, 0.25) is 0 Å². The van der Waals surface area contributed by atoms with Gasteiger partial charge in [-0.3, -0.25) is 14.5 Å². The number of hydrogen-bond donors (Lipinski definition) is 0. The smallest absolute Gasteiger partial charge is 0.329 e. The Morgan fingerprint density at radius 3 is 2.00 bits per heavy atom. The van der Waals surface area contributed by atoms with E-state index in [-0.39, 0.29) is 0 Å². The van der Waals surface area contributed by atoms with E-state index in [1.165, 1.54) is 37.8 Å². The van der Waals surface area contributed by atoms with Gasteiger partial charge in [-0.1, -0.05) is 78.6 Å². The first-order chi connectivity index (χ1) is 12.5. The maximum atomic E-state index is 12.6. The second-order valence-corrected chi connectivity index (χ2v) is 7.12. The van der Waals surface area contributed by atoms with E-state index in [1.807, 2.05) is 0 Å². The van der Waals surface area contributed by atoms with Crippen LogP contribution in [0.1, 0.15) is 85.0 Å². The first-order valence-corrected chi connectivity index (χ1v) is 10.3. The summed E-state index contributed by atoms with van der Waals surface area (Å²) >= 11 is 0. The number of esters is 1. The van der Waals surface area contributed by atoms with Gasteiger partial charge in [0.05, 0.1) is 6.61 Å². The van der Waals surface area contributed by atoms with Crippen molar-refractivity contribution in [1.82, 2.24) is 4.90 Å². The minimum absolute atomic E-state index is 0.321. The molecular formula is C21H35NO4. The predicted octanol–water partition coefficient (Wildman–Crippen LogP) is 4.40. The summed E-state index contributed by atoms with van der Waals surface area (Å²) < 4.78 is 5.45. The molecule has 1 rings (SSSR count). The molecule has 0 aromatic carbocycles. The van der Waals surface area contributed by atoms with Crippen LogP contribution in [0.2, 0.25) is 0 Å². The summed E-state index contributed by atoms with van der Waals surface area (Å²) in [7, 11) is 0. The Morgan fingerprint density at radius 1 is 0.923 bits per heavy atom. The molecule has 0 saturated heterocycles. The standard InChI is InChI=1S/C21H35NO4/c1-4-7-8-9-10-11-12-13-18(22-19(23)14-15-20(22)24)21(25)26-16-17(5-2)6-3/h14-15,17-18H,4-13,16H2,1-3H3. The molecule has 1 aliphatic rings. The summed E-state index contributed by atoms with van der Waals surface area (Å²) in [6.07, 6.45) is 12.7. The Morgan fingerprint density at radius 2 is 1.46 bits per heavy atom. The van der Waals surface area contributed by atoms with Gasteiger partial charge in [0.25, 0.3) is 11.8 Å². The zero-order valence-corrected chi connectivity index (χ0v) is 16.7. The van der Waals surface area contributed by atoms with E-state index >= 15 is 0 Å². The van der Waals surface area contributed by atoms with Crippen molar-refractivity contribution in [2.24, 2.45) is 5.92 Å². The highest BCUT2D eigenvalue weighted by Gasteiger charge is 2.36. The van der Waals surface area contributed by atoms with Crippen molar-refractivity contribution in [1.29, 1.82) is 0 Å². The fourth-order valence-corrected chi connectivity index (χ4v) is 3.19. The lowest BCUT2D eigenvalue weighted by atomic mass is 10.0. The molecule has 0 bridgehead atoms. The van der Waals surface area contributed by atoms with Crippen molar-refractivity contribution in [3.63, 3.8) is 0 Å². The molecule has 1 heterocycles. The number of amides is 2. The molecular weight excluding hydrogens is 330 g/mol. The minimum atomic E-state index is -0.796. The molecule has 5 nitrogen and oxygen atoms in total. The van der Waals surface area contributed by atoms with Crippen LogP contribution < -0.4 is 0 Å². The number of imide groups is 1. The van der Waals surface area contributed by atoms with Crippen LogP contribution in [-0.4, -0.2) is 35.3 Å². The van der Waals surface area contributed by atoms with Crippen LogP contribution in [0.15, 0.2) is 12.2 Å². The van der Waals surface area contributed by atoms with E-state index < -0.39 is 23.8 Å². The highest BCUT2D eigenvalue weighted by atomic mass is 16.5. The average molecular weight is 366 g/mol. The second-order valence-electron chi connectivity index (χ2n) is 7.12. The zero-order chi connectivity index (χ0) is 19.4. The third-order valence-corrected chi connectivity index (χ3v) is 5.12. The number of carbonyl (C=O) groups is 3. The fourth-order valence-electron chi connectivity index (χ4n) is 3.19. The van der Waals surface area contributed by atoms with Crippen molar-refractivity contribution in [2.75, 3.05) is 6.61 Å². The molecule has 0 aromatic heterocycles. The molecule has 1 atom stereocenters. The Bertz CT molecular complexity index is 464. The first kappa shape index (κ1) is 22.4. The lowest BCUT2D eigenvalue weighted by molar-refractivity contribution is -0.159. The molecule has 0 radical (unpaired) electrons. The van der Waals surface area contributed by atoms with Gasteiger partial charge < -0.3 is 4.74 Å². The summed E-state index contributed by atoms with van der Waals surface area (Å²) in [5.74, 6) is -0.959. The molecule has 0 aliphatic carbocycles. The summed E-state index contributed by atoms with van der Waals surface area (Å²) in [6, 6.07) is -0.796. The van der Waals surface area contributed by atoms with Crippen LogP contribution in [-0.2, 0) is 19.1 Å². The van der Waals surface area contributed by atoms with Gasteiger partial charge in [0.15, 0.2) is 0 Å². The second kappa shape index (κ2) is 12.7. The molecule has 1 unspecified atom stereocenters. The Kier molecular flexibility index (Phi) is 10.9. The lowest BCUT2D eigenvalue weighted by Crippen LogP contribution is -2.46. The third kappa shape index (κ3) is 7.30. The number of nitrogens with zero attached hydrogens (tertiary/aromatic N) is 1. The Labute approximate surface area is 158 Å². The summed E-state index contributed by atoms with van der Waals surface area (Å²) in [5.41, 5.74) is 0. The molecule has 0 fully saturated rings. The molecule has 0 N–H and O–H groups in total. The normalized spacial score (nSPS) is 15.2. The van der Waals surface area contributed by atoms with E-state index in [0.29, 0.717) is 18.9 Å². The SMILES string of the molecule is CCCCCCCCCC(C(=O)OCC(CC)CC)N1C(=O)C=CC1=O. The van der Waals surface area contributed by atoms with Gasteiger partial charge in [-0.25, -0.2) is 4.79 Å². The summed E-state index contributed by atoms with van der Waals surface area (Å²) in [4.78, 5) is 37.6. The van der Waals surface area contributed by atoms with E-state index in [4.69, 9.17) is 4.74 Å². The van der Waals surface area contributed by atoms with Gasteiger partial charge in [-0.15, -0.1) is 0 Å². The number of carbonyl (C=O) groups excluding carboxylic acids is 3. The molecule has 26 heavy (non-hydrogen) atoms. The van der Waals surface area contributed by atoms with Crippen LogP contribution in [0.4, 0.5) is 0 Å². The topological polar surface area (TPSA) is 63.7 Å². The Hall–Kier alpha value is -1.65. The molecule has 0 spiro atoms. The number of hydrogen-bond acceptors (Lipinski definition) is 4. The molecule has 148 valence electrons. The monoisotopic (exact) mass is 365 g/mol. The van der Waals surface area contributed by atoms with E-state index in [2.05, 4.69) is 20.8 Å². The largest absolute Gasteiger partial charge is 0.464 e. The van der Waals surface area contributed by atoms with Crippen molar-refractivity contribution >= 4 is 17.8 Å². The maximum Gasteiger partial charge on any atom is 0.329 e.